The predicted molar refractivity (Wildman–Crippen MR) is 69.0 cm³/mol. The van der Waals surface area contributed by atoms with Crippen molar-refractivity contribution in [2.24, 2.45) is 0 Å². The molecular formula is C14H20N2O2. The number of carbonyl (C=O) groups excluding carboxylic acids is 1. The van der Waals surface area contributed by atoms with Crippen LogP contribution < -0.4 is 0 Å². The van der Waals surface area contributed by atoms with Crippen molar-refractivity contribution in [2.75, 3.05) is 20.2 Å². The second kappa shape index (κ2) is 6.50. The van der Waals surface area contributed by atoms with Crippen LogP contribution in [0.4, 0.5) is 0 Å². The number of esters is 1. The van der Waals surface area contributed by atoms with Crippen molar-refractivity contribution >= 4 is 5.97 Å². The van der Waals surface area contributed by atoms with Gasteiger partial charge in [-0.2, -0.15) is 0 Å². The van der Waals surface area contributed by atoms with E-state index in [1.54, 1.807) is 6.20 Å². The van der Waals surface area contributed by atoms with Crippen LogP contribution >= 0.6 is 0 Å². The Morgan fingerprint density at radius 3 is 3.22 bits per heavy atom. The summed E-state index contributed by atoms with van der Waals surface area (Å²) in [6, 6.07) is 4.59. The number of hydrogen-bond donors (Lipinski definition) is 0. The molecule has 0 aliphatic carbocycles. The molecule has 1 atom stereocenters. The van der Waals surface area contributed by atoms with Crippen LogP contribution in [0.1, 0.15) is 37.3 Å². The highest BCUT2D eigenvalue weighted by Crippen LogP contribution is 2.31. The number of methoxy groups -OCH3 is 1. The predicted octanol–water partition coefficient (Wildman–Crippen LogP) is 2.17. The van der Waals surface area contributed by atoms with Gasteiger partial charge in [0.05, 0.1) is 7.11 Å². The van der Waals surface area contributed by atoms with Crippen LogP contribution in [0.25, 0.3) is 0 Å². The van der Waals surface area contributed by atoms with E-state index in [0.29, 0.717) is 12.5 Å². The molecule has 1 aromatic rings. The van der Waals surface area contributed by atoms with Gasteiger partial charge >= 0.3 is 5.97 Å². The van der Waals surface area contributed by atoms with Crippen LogP contribution in [-0.4, -0.2) is 36.1 Å². The molecule has 0 bridgehead atoms. The van der Waals surface area contributed by atoms with Crippen molar-refractivity contribution in [2.45, 2.75) is 31.7 Å². The summed E-state index contributed by atoms with van der Waals surface area (Å²) < 4.78 is 4.66. The van der Waals surface area contributed by atoms with Crippen LogP contribution in [-0.2, 0) is 9.53 Å². The molecule has 0 N–H and O–H groups in total. The van der Waals surface area contributed by atoms with Crippen molar-refractivity contribution < 1.29 is 9.53 Å². The zero-order valence-corrected chi connectivity index (χ0v) is 10.8. The van der Waals surface area contributed by atoms with E-state index in [9.17, 15) is 4.79 Å². The Labute approximate surface area is 108 Å². The maximum absolute atomic E-state index is 11.1. The molecule has 1 saturated heterocycles. The fourth-order valence-corrected chi connectivity index (χ4v) is 2.57. The largest absolute Gasteiger partial charge is 0.469 e. The van der Waals surface area contributed by atoms with Gasteiger partial charge in [0.15, 0.2) is 0 Å². The lowest BCUT2D eigenvalue weighted by molar-refractivity contribution is -0.140. The Morgan fingerprint density at radius 2 is 2.50 bits per heavy atom. The van der Waals surface area contributed by atoms with E-state index in [2.05, 4.69) is 20.7 Å². The molecule has 0 amide bonds. The van der Waals surface area contributed by atoms with Gasteiger partial charge in [0.25, 0.3) is 0 Å². The molecule has 4 nitrogen and oxygen atoms in total. The van der Waals surface area contributed by atoms with Gasteiger partial charge in [-0.15, -0.1) is 0 Å². The van der Waals surface area contributed by atoms with E-state index in [4.69, 9.17) is 0 Å². The van der Waals surface area contributed by atoms with Crippen molar-refractivity contribution in [3.8, 4) is 0 Å². The van der Waals surface area contributed by atoms with E-state index in [-0.39, 0.29) is 5.97 Å². The number of rotatable bonds is 5. The van der Waals surface area contributed by atoms with E-state index in [1.807, 2.05) is 12.3 Å². The molecule has 98 valence electrons. The lowest BCUT2D eigenvalue weighted by Gasteiger charge is -2.24. The smallest absolute Gasteiger partial charge is 0.305 e. The van der Waals surface area contributed by atoms with E-state index < -0.39 is 0 Å². The number of carbonyl (C=O) groups is 1. The van der Waals surface area contributed by atoms with Gasteiger partial charge in [0.2, 0.25) is 0 Å². The second-order valence-electron chi connectivity index (χ2n) is 4.66. The van der Waals surface area contributed by atoms with Crippen molar-refractivity contribution in [1.82, 2.24) is 9.88 Å². The van der Waals surface area contributed by atoms with E-state index >= 15 is 0 Å². The summed E-state index contributed by atoms with van der Waals surface area (Å²) in [5, 5.41) is 0. The topological polar surface area (TPSA) is 42.4 Å². The van der Waals surface area contributed by atoms with Crippen molar-refractivity contribution in [3.05, 3.63) is 30.1 Å². The van der Waals surface area contributed by atoms with E-state index in [1.165, 1.54) is 25.5 Å². The average Bonchev–Trinajstić information content (AvgIpc) is 2.88. The zero-order chi connectivity index (χ0) is 12.8. The first-order valence-electron chi connectivity index (χ1n) is 6.52. The first-order chi connectivity index (χ1) is 8.81. The third-order valence-corrected chi connectivity index (χ3v) is 3.49. The van der Waals surface area contributed by atoms with Gasteiger partial charge in [0.1, 0.15) is 0 Å². The number of pyridine rings is 1. The molecule has 1 unspecified atom stereocenters. The van der Waals surface area contributed by atoms with Crippen LogP contribution in [0.3, 0.4) is 0 Å². The summed E-state index contributed by atoms with van der Waals surface area (Å²) in [6.45, 7) is 2.06. The molecule has 1 aromatic heterocycles. The minimum Gasteiger partial charge on any atom is -0.469 e. The number of aromatic nitrogens is 1. The average molecular weight is 248 g/mol. The van der Waals surface area contributed by atoms with Crippen LogP contribution in [0.5, 0.6) is 0 Å². The normalized spacial score (nSPS) is 19.9. The molecule has 1 aliphatic heterocycles. The highest BCUT2D eigenvalue weighted by atomic mass is 16.5. The van der Waals surface area contributed by atoms with Gasteiger partial charge in [-0.25, -0.2) is 0 Å². The SMILES string of the molecule is COC(=O)CCCN1CCCC1c1cccnc1. The van der Waals surface area contributed by atoms with Gasteiger partial charge in [-0.1, -0.05) is 6.07 Å². The molecular weight excluding hydrogens is 228 g/mol. The van der Waals surface area contributed by atoms with Crippen LogP contribution in [0.15, 0.2) is 24.5 Å². The number of ether oxygens (including phenoxy) is 1. The molecule has 18 heavy (non-hydrogen) atoms. The summed E-state index contributed by atoms with van der Waals surface area (Å²) >= 11 is 0. The molecule has 0 spiro atoms. The Bertz CT molecular complexity index is 381. The molecule has 2 rings (SSSR count). The van der Waals surface area contributed by atoms with Crippen LogP contribution in [0, 0.1) is 0 Å². The second-order valence-corrected chi connectivity index (χ2v) is 4.66. The Morgan fingerprint density at radius 1 is 1.61 bits per heavy atom. The van der Waals surface area contributed by atoms with Gasteiger partial charge in [0, 0.05) is 24.9 Å². The molecule has 1 fully saturated rings. The molecule has 0 saturated carbocycles. The maximum Gasteiger partial charge on any atom is 0.305 e. The summed E-state index contributed by atoms with van der Waals surface area (Å²) in [5.74, 6) is -0.118. The minimum atomic E-state index is -0.118. The van der Waals surface area contributed by atoms with Gasteiger partial charge in [-0.3, -0.25) is 14.7 Å². The third-order valence-electron chi connectivity index (χ3n) is 3.49. The summed E-state index contributed by atoms with van der Waals surface area (Å²) in [4.78, 5) is 17.7. The van der Waals surface area contributed by atoms with Crippen LogP contribution in [0.2, 0.25) is 0 Å². The summed E-state index contributed by atoms with van der Waals surface area (Å²) in [5.41, 5.74) is 1.29. The first-order valence-corrected chi connectivity index (χ1v) is 6.52. The van der Waals surface area contributed by atoms with Gasteiger partial charge < -0.3 is 4.74 Å². The fourth-order valence-electron chi connectivity index (χ4n) is 2.57. The Kier molecular flexibility index (Phi) is 4.70. The summed E-state index contributed by atoms with van der Waals surface area (Å²) in [7, 11) is 1.44. The minimum absolute atomic E-state index is 0.118. The number of nitrogens with zero attached hydrogens (tertiary/aromatic N) is 2. The first kappa shape index (κ1) is 13.0. The standard InChI is InChI=1S/C14H20N2O2/c1-18-14(17)7-4-10-16-9-3-6-13(16)12-5-2-8-15-11-12/h2,5,8,11,13H,3-4,6-7,9-10H2,1H3. The quantitative estimate of drug-likeness (QED) is 0.749. The highest BCUT2D eigenvalue weighted by Gasteiger charge is 2.25. The third kappa shape index (κ3) is 3.29. The summed E-state index contributed by atoms with van der Waals surface area (Å²) in [6.07, 6.45) is 7.53. The maximum atomic E-state index is 11.1. The van der Waals surface area contributed by atoms with Crippen molar-refractivity contribution in [1.29, 1.82) is 0 Å². The highest BCUT2D eigenvalue weighted by molar-refractivity contribution is 5.69. The molecule has 0 aromatic carbocycles. The molecule has 1 aliphatic rings. The fraction of sp³-hybridized carbons (Fsp3) is 0.571. The number of likely N-dealkylation sites (tertiary alicyclic amines) is 1. The lowest BCUT2D eigenvalue weighted by atomic mass is 10.1. The Balaban J connectivity index is 1.86. The number of hydrogen-bond acceptors (Lipinski definition) is 4. The molecule has 0 radical (unpaired) electrons. The zero-order valence-electron chi connectivity index (χ0n) is 10.8. The molecule has 4 heteroatoms. The van der Waals surface area contributed by atoms with Crippen molar-refractivity contribution in [3.63, 3.8) is 0 Å². The van der Waals surface area contributed by atoms with Gasteiger partial charge in [-0.05, 0) is 44.0 Å². The lowest BCUT2D eigenvalue weighted by Crippen LogP contribution is -2.25. The molecule has 2 heterocycles. The van der Waals surface area contributed by atoms with E-state index in [0.717, 1.165) is 19.5 Å². The Hall–Kier alpha value is -1.42. The monoisotopic (exact) mass is 248 g/mol.